The molecule has 0 saturated heterocycles. The molecule has 1 aromatic carbocycles. The van der Waals surface area contributed by atoms with Gasteiger partial charge in [-0.3, -0.25) is 10.6 Å². The number of ether oxygens (including phenoxy) is 1. The summed E-state index contributed by atoms with van der Waals surface area (Å²) in [4.78, 5) is 22.0. The van der Waals surface area contributed by atoms with Crippen LogP contribution in [0.5, 0.6) is 0 Å². The van der Waals surface area contributed by atoms with Gasteiger partial charge in [-0.1, -0.05) is 6.07 Å². The van der Waals surface area contributed by atoms with Crippen molar-refractivity contribution in [1.82, 2.24) is 0 Å². The molecule has 0 aliphatic rings. The second-order valence-electron chi connectivity index (χ2n) is 4.64. The molecule has 1 rings (SSSR count). The Morgan fingerprint density at radius 2 is 1.72 bits per heavy atom. The van der Waals surface area contributed by atoms with E-state index >= 15 is 0 Å². The number of hydrogen-bond acceptors (Lipinski definition) is 3. The van der Waals surface area contributed by atoms with Crippen LogP contribution in [0.4, 0.5) is 21.0 Å². The smallest absolute Gasteiger partial charge is 0.412 e. The van der Waals surface area contributed by atoms with E-state index in [1.807, 2.05) is 0 Å². The highest BCUT2D eigenvalue weighted by atomic mass is 16.6. The minimum atomic E-state index is -1.16. The molecule has 0 aromatic heterocycles. The SMILES string of the molecule is CC(C)(C)OC(=O)Nc1cccc(NC(=O)O)c1. The van der Waals surface area contributed by atoms with E-state index in [2.05, 4.69) is 10.6 Å². The lowest BCUT2D eigenvalue weighted by atomic mass is 10.2. The predicted molar refractivity (Wildman–Crippen MR) is 67.9 cm³/mol. The summed E-state index contributed by atoms with van der Waals surface area (Å²) in [5, 5.41) is 13.3. The van der Waals surface area contributed by atoms with E-state index in [9.17, 15) is 9.59 Å². The van der Waals surface area contributed by atoms with Gasteiger partial charge >= 0.3 is 12.2 Å². The van der Waals surface area contributed by atoms with E-state index in [0.29, 0.717) is 11.4 Å². The molecule has 6 nitrogen and oxygen atoms in total. The summed E-state index contributed by atoms with van der Waals surface area (Å²) in [6, 6.07) is 6.33. The zero-order valence-corrected chi connectivity index (χ0v) is 10.5. The van der Waals surface area contributed by atoms with Crippen molar-refractivity contribution in [2.45, 2.75) is 26.4 Å². The Morgan fingerprint density at radius 1 is 1.17 bits per heavy atom. The number of nitrogens with one attached hydrogen (secondary N) is 2. The van der Waals surface area contributed by atoms with Crippen molar-refractivity contribution in [3.63, 3.8) is 0 Å². The molecule has 0 bridgehead atoms. The monoisotopic (exact) mass is 252 g/mol. The van der Waals surface area contributed by atoms with Gasteiger partial charge in [-0.25, -0.2) is 9.59 Å². The van der Waals surface area contributed by atoms with Crippen molar-refractivity contribution in [3.8, 4) is 0 Å². The third kappa shape index (κ3) is 5.20. The van der Waals surface area contributed by atoms with Crippen LogP contribution in [-0.4, -0.2) is 22.9 Å². The Labute approximate surface area is 105 Å². The van der Waals surface area contributed by atoms with Gasteiger partial charge in [0.2, 0.25) is 0 Å². The summed E-state index contributed by atoms with van der Waals surface area (Å²) in [7, 11) is 0. The highest BCUT2D eigenvalue weighted by Gasteiger charge is 2.16. The van der Waals surface area contributed by atoms with Crippen molar-refractivity contribution < 1.29 is 19.4 Å². The molecule has 0 fully saturated rings. The number of carbonyl (C=O) groups excluding carboxylic acids is 1. The fourth-order valence-corrected chi connectivity index (χ4v) is 1.22. The van der Waals surface area contributed by atoms with Crippen LogP contribution in [0.25, 0.3) is 0 Å². The van der Waals surface area contributed by atoms with Crippen LogP contribution < -0.4 is 10.6 Å². The summed E-state index contributed by atoms with van der Waals surface area (Å²) < 4.78 is 5.08. The zero-order chi connectivity index (χ0) is 13.8. The topological polar surface area (TPSA) is 87.7 Å². The van der Waals surface area contributed by atoms with E-state index in [0.717, 1.165) is 0 Å². The lowest BCUT2D eigenvalue weighted by Crippen LogP contribution is -2.27. The maximum Gasteiger partial charge on any atom is 0.412 e. The Kier molecular flexibility index (Phi) is 4.14. The molecule has 3 N–H and O–H groups in total. The van der Waals surface area contributed by atoms with E-state index in [4.69, 9.17) is 9.84 Å². The third-order valence-corrected chi connectivity index (χ3v) is 1.76. The van der Waals surface area contributed by atoms with Crippen LogP contribution in [0.1, 0.15) is 20.8 Å². The zero-order valence-electron chi connectivity index (χ0n) is 10.5. The second-order valence-corrected chi connectivity index (χ2v) is 4.64. The molecule has 18 heavy (non-hydrogen) atoms. The van der Waals surface area contributed by atoms with Crippen molar-refractivity contribution >= 4 is 23.6 Å². The van der Waals surface area contributed by atoms with Gasteiger partial charge in [0, 0.05) is 11.4 Å². The van der Waals surface area contributed by atoms with E-state index in [-0.39, 0.29) is 0 Å². The molecule has 0 aliphatic carbocycles. The first kappa shape index (κ1) is 13.8. The summed E-state index contributed by atoms with van der Waals surface area (Å²) >= 11 is 0. The fourth-order valence-electron chi connectivity index (χ4n) is 1.22. The van der Waals surface area contributed by atoms with Gasteiger partial charge in [0.15, 0.2) is 0 Å². The minimum absolute atomic E-state index is 0.371. The van der Waals surface area contributed by atoms with Crippen LogP contribution in [0.15, 0.2) is 24.3 Å². The molecule has 0 radical (unpaired) electrons. The molecular weight excluding hydrogens is 236 g/mol. The van der Waals surface area contributed by atoms with Crippen LogP contribution >= 0.6 is 0 Å². The van der Waals surface area contributed by atoms with Gasteiger partial charge in [0.25, 0.3) is 0 Å². The molecule has 1 aromatic rings. The number of anilines is 2. The van der Waals surface area contributed by atoms with Crippen LogP contribution in [0.2, 0.25) is 0 Å². The number of benzene rings is 1. The standard InChI is InChI=1S/C12H16N2O4/c1-12(2,3)18-11(17)14-9-6-4-5-8(7-9)13-10(15)16/h4-7,13H,1-3H3,(H,14,17)(H,15,16). The van der Waals surface area contributed by atoms with Crippen molar-refractivity contribution in [2.75, 3.05) is 10.6 Å². The highest BCUT2D eigenvalue weighted by molar-refractivity contribution is 5.88. The van der Waals surface area contributed by atoms with Gasteiger partial charge in [-0.15, -0.1) is 0 Å². The predicted octanol–water partition coefficient (Wildman–Crippen LogP) is 3.12. The highest BCUT2D eigenvalue weighted by Crippen LogP contribution is 2.16. The number of hydrogen-bond donors (Lipinski definition) is 3. The van der Waals surface area contributed by atoms with Gasteiger partial charge in [-0.05, 0) is 39.0 Å². The lowest BCUT2D eigenvalue weighted by Gasteiger charge is -2.19. The first-order valence-corrected chi connectivity index (χ1v) is 5.36. The van der Waals surface area contributed by atoms with Gasteiger partial charge in [-0.2, -0.15) is 0 Å². The number of rotatable bonds is 2. The molecule has 0 saturated carbocycles. The van der Waals surface area contributed by atoms with Crippen molar-refractivity contribution in [1.29, 1.82) is 0 Å². The van der Waals surface area contributed by atoms with Gasteiger partial charge in [0.05, 0.1) is 0 Å². The van der Waals surface area contributed by atoms with Crippen molar-refractivity contribution in [2.24, 2.45) is 0 Å². The first-order valence-electron chi connectivity index (χ1n) is 5.36. The quantitative estimate of drug-likeness (QED) is 0.754. The van der Waals surface area contributed by atoms with E-state index in [1.165, 1.54) is 6.07 Å². The molecule has 0 atom stereocenters. The number of carboxylic acid groups (broad SMARTS) is 1. The van der Waals surface area contributed by atoms with Crippen LogP contribution in [-0.2, 0) is 4.74 Å². The van der Waals surface area contributed by atoms with Gasteiger partial charge in [0.1, 0.15) is 5.60 Å². The largest absolute Gasteiger partial charge is 0.465 e. The van der Waals surface area contributed by atoms with Crippen LogP contribution in [0, 0.1) is 0 Å². The van der Waals surface area contributed by atoms with E-state index < -0.39 is 17.8 Å². The molecule has 98 valence electrons. The van der Waals surface area contributed by atoms with Gasteiger partial charge < -0.3 is 9.84 Å². The summed E-state index contributed by atoms with van der Waals surface area (Å²) in [5.41, 5.74) is 0.243. The normalized spacial score (nSPS) is 10.6. The molecule has 2 amide bonds. The Morgan fingerprint density at radius 3 is 2.22 bits per heavy atom. The summed E-state index contributed by atoms with van der Waals surface area (Å²) in [6.07, 6.45) is -1.75. The maximum absolute atomic E-state index is 11.5. The number of carbonyl (C=O) groups is 2. The summed E-state index contributed by atoms with van der Waals surface area (Å²) in [5.74, 6) is 0. The third-order valence-electron chi connectivity index (χ3n) is 1.76. The molecular formula is C12H16N2O4. The lowest BCUT2D eigenvalue weighted by molar-refractivity contribution is 0.0636. The number of amides is 2. The first-order chi connectivity index (χ1) is 8.26. The van der Waals surface area contributed by atoms with Crippen molar-refractivity contribution in [3.05, 3.63) is 24.3 Å². The Hall–Kier alpha value is -2.24. The molecule has 0 unspecified atom stereocenters. The molecule has 0 heterocycles. The molecule has 0 aliphatic heterocycles. The van der Waals surface area contributed by atoms with E-state index in [1.54, 1.807) is 39.0 Å². The maximum atomic E-state index is 11.5. The second kappa shape index (κ2) is 5.39. The molecule has 6 heteroatoms. The Bertz CT molecular complexity index is 452. The van der Waals surface area contributed by atoms with Crippen LogP contribution in [0.3, 0.4) is 0 Å². The minimum Gasteiger partial charge on any atom is -0.465 e. The summed E-state index contributed by atoms with van der Waals surface area (Å²) in [6.45, 7) is 5.28. The molecule has 0 spiro atoms. The average molecular weight is 252 g/mol. The Balaban J connectivity index is 2.67. The average Bonchev–Trinajstić information content (AvgIpc) is 2.13. The fraction of sp³-hybridized carbons (Fsp3) is 0.333.